The summed E-state index contributed by atoms with van der Waals surface area (Å²) in [5.41, 5.74) is 6.46. The van der Waals surface area contributed by atoms with Gasteiger partial charge >= 0.3 is 0 Å². The fourth-order valence-corrected chi connectivity index (χ4v) is 2.77. The minimum atomic E-state index is 0.0226. The Morgan fingerprint density at radius 2 is 2.29 bits per heavy atom. The van der Waals surface area contributed by atoms with Crippen molar-refractivity contribution < 1.29 is 9.53 Å². The van der Waals surface area contributed by atoms with Crippen molar-refractivity contribution in [3.05, 3.63) is 24.3 Å². The molecule has 0 spiro atoms. The summed E-state index contributed by atoms with van der Waals surface area (Å²) in [5.74, 6) is 1.29. The van der Waals surface area contributed by atoms with Crippen LogP contribution in [-0.4, -0.2) is 44.1 Å². The summed E-state index contributed by atoms with van der Waals surface area (Å²) in [7, 11) is 1.60. The highest BCUT2D eigenvalue weighted by molar-refractivity contribution is 5.92. The number of nitrogens with two attached hydrogens (primary N) is 1. The maximum absolute atomic E-state index is 12.1. The Kier molecular flexibility index (Phi) is 6.02. The maximum atomic E-state index is 12.1. The van der Waals surface area contributed by atoms with Crippen molar-refractivity contribution in [2.24, 2.45) is 11.7 Å². The zero-order chi connectivity index (χ0) is 15.1. The molecule has 0 aliphatic carbocycles. The van der Waals surface area contributed by atoms with Crippen molar-refractivity contribution in [3.8, 4) is 5.75 Å². The van der Waals surface area contributed by atoms with E-state index in [1.165, 1.54) is 12.8 Å². The lowest BCUT2D eigenvalue weighted by Gasteiger charge is -2.31. The molecule has 0 aromatic heterocycles. The first-order valence-corrected chi connectivity index (χ1v) is 7.58. The van der Waals surface area contributed by atoms with E-state index < -0.39 is 0 Å². The first-order valence-electron chi connectivity index (χ1n) is 7.58. The van der Waals surface area contributed by atoms with Crippen LogP contribution in [0.3, 0.4) is 0 Å². The Hall–Kier alpha value is -1.59. The summed E-state index contributed by atoms with van der Waals surface area (Å²) < 4.78 is 5.23. The second-order valence-electron chi connectivity index (χ2n) is 5.54. The quantitative estimate of drug-likeness (QED) is 0.837. The molecule has 116 valence electrons. The molecule has 1 unspecified atom stereocenters. The van der Waals surface area contributed by atoms with Crippen LogP contribution in [0.25, 0.3) is 0 Å². The van der Waals surface area contributed by atoms with Crippen molar-refractivity contribution in [1.82, 2.24) is 4.90 Å². The lowest BCUT2D eigenvalue weighted by Crippen LogP contribution is -2.39. The van der Waals surface area contributed by atoms with Crippen LogP contribution in [0, 0.1) is 5.92 Å². The van der Waals surface area contributed by atoms with Crippen LogP contribution >= 0.6 is 0 Å². The Bertz CT molecular complexity index is 465. The number of ether oxygens (including phenoxy) is 1. The highest BCUT2D eigenvalue weighted by atomic mass is 16.5. The van der Waals surface area contributed by atoms with Gasteiger partial charge in [-0.15, -0.1) is 0 Å². The summed E-state index contributed by atoms with van der Waals surface area (Å²) in [6, 6.07) is 7.46. The first kappa shape index (κ1) is 15.8. The Morgan fingerprint density at radius 3 is 3.05 bits per heavy atom. The van der Waals surface area contributed by atoms with E-state index >= 15 is 0 Å². The number of carbonyl (C=O) groups excluding carboxylic acids is 1. The van der Waals surface area contributed by atoms with Gasteiger partial charge in [0.1, 0.15) is 5.75 Å². The van der Waals surface area contributed by atoms with E-state index in [0.717, 1.165) is 31.9 Å². The number of benzene rings is 1. The summed E-state index contributed by atoms with van der Waals surface area (Å²) >= 11 is 0. The van der Waals surface area contributed by atoms with Gasteiger partial charge in [0.2, 0.25) is 5.91 Å². The fourth-order valence-electron chi connectivity index (χ4n) is 2.77. The molecule has 1 aromatic rings. The van der Waals surface area contributed by atoms with Crippen LogP contribution in [0.4, 0.5) is 5.69 Å². The molecule has 1 aliphatic rings. The molecular weight excluding hydrogens is 266 g/mol. The van der Waals surface area contributed by atoms with Gasteiger partial charge in [-0.25, -0.2) is 0 Å². The molecule has 2 rings (SSSR count). The van der Waals surface area contributed by atoms with Crippen molar-refractivity contribution in [3.63, 3.8) is 0 Å². The van der Waals surface area contributed by atoms with Gasteiger partial charge in [-0.1, -0.05) is 12.1 Å². The van der Waals surface area contributed by atoms with Gasteiger partial charge < -0.3 is 20.7 Å². The van der Waals surface area contributed by atoms with Crippen molar-refractivity contribution in [1.29, 1.82) is 0 Å². The van der Waals surface area contributed by atoms with Crippen molar-refractivity contribution >= 4 is 11.6 Å². The van der Waals surface area contributed by atoms with E-state index in [2.05, 4.69) is 10.2 Å². The lowest BCUT2D eigenvalue weighted by atomic mass is 9.98. The van der Waals surface area contributed by atoms with Gasteiger partial charge in [0.25, 0.3) is 0 Å². The van der Waals surface area contributed by atoms with Crippen LogP contribution in [0.15, 0.2) is 24.3 Å². The van der Waals surface area contributed by atoms with Crippen molar-refractivity contribution in [2.75, 3.05) is 38.6 Å². The van der Waals surface area contributed by atoms with Crippen LogP contribution in [-0.2, 0) is 4.79 Å². The molecule has 1 aromatic carbocycles. The number of nitrogens with one attached hydrogen (secondary N) is 1. The number of hydrogen-bond donors (Lipinski definition) is 2. The number of anilines is 1. The summed E-state index contributed by atoms with van der Waals surface area (Å²) in [6.45, 7) is 3.61. The fraction of sp³-hybridized carbons (Fsp3) is 0.562. The molecule has 5 heteroatoms. The summed E-state index contributed by atoms with van der Waals surface area (Å²) in [4.78, 5) is 14.4. The number of piperidine rings is 1. The molecule has 1 fully saturated rings. The number of hydrogen-bond acceptors (Lipinski definition) is 4. The number of para-hydroxylation sites is 2. The zero-order valence-corrected chi connectivity index (χ0v) is 12.7. The molecule has 0 radical (unpaired) electrons. The van der Waals surface area contributed by atoms with Gasteiger partial charge in [0.05, 0.1) is 12.8 Å². The Balaban J connectivity index is 1.79. The SMILES string of the molecule is COc1ccccc1NC(=O)CCN1CCCC(CN)C1. The van der Waals surface area contributed by atoms with Crippen LogP contribution in [0.2, 0.25) is 0 Å². The molecule has 3 N–H and O–H groups in total. The topological polar surface area (TPSA) is 67.6 Å². The van der Waals surface area contributed by atoms with E-state index in [0.29, 0.717) is 18.1 Å². The van der Waals surface area contributed by atoms with E-state index in [1.54, 1.807) is 7.11 Å². The van der Waals surface area contributed by atoms with Gasteiger partial charge in [-0.3, -0.25) is 4.79 Å². The van der Waals surface area contributed by atoms with Gasteiger partial charge in [0.15, 0.2) is 0 Å². The lowest BCUT2D eigenvalue weighted by molar-refractivity contribution is -0.116. The van der Waals surface area contributed by atoms with E-state index in [1.807, 2.05) is 24.3 Å². The molecule has 1 aliphatic heterocycles. The van der Waals surface area contributed by atoms with Crippen LogP contribution in [0.1, 0.15) is 19.3 Å². The molecule has 1 amide bonds. The number of amides is 1. The number of likely N-dealkylation sites (tertiary alicyclic amines) is 1. The molecule has 0 saturated carbocycles. The zero-order valence-electron chi connectivity index (χ0n) is 12.7. The number of methoxy groups -OCH3 is 1. The number of carbonyl (C=O) groups is 1. The van der Waals surface area contributed by atoms with Crippen LogP contribution in [0.5, 0.6) is 5.75 Å². The molecule has 1 saturated heterocycles. The molecule has 5 nitrogen and oxygen atoms in total. The maximum Gasteiger partial charge on any atom is 0.225 e. The third kappa shape index (κ3) is 4.72. The van der Waals surface area contributed by atoms with Gasteiger partial charge in [-0.05, 0) is 44.0 Å². The molecule has 1 heterocycles. The molecule has 0 bridgehead atoms. The largest absolute Gasteiger partial charge is 0.495 e. The smallest absolute Gasteiger partial charge is 0.225 e. The number of rotatable bonds is 6. The average molecular weight is 291 g/mol. The number of nitrogens with zero attached hydrogens (tertiary/aromatic N) is 1. The minimum Gasteiger partial charge on any atom is -0.495 e. The predicted octanol–water partition coefficient (Wildman–Crippen LogP) is 1.69. The molecular formula is C16H25N3O2. The standard InChI is InChI=1S/C16H25N3O2/c1-21-15-7-3-2-6-14(15)18-16(20)8-10-19-9-4-5-13(11-17)12-19/h2-3,6-7,13H,4-5,8-12,17H2,1H3,(H,18,20). The minimum absolute atomic E-state index is 0.0226. The van der Waals surface area contributed by atoms with E-state index in [9.17, 15) is 4.79 Å². The molecule has 1 atom stereocenters. The first-order chi connectivity index (χ1) is 10.2. The Morgan fingerprint density at radius 1 is 1.48 bits per heavy atom. The second kappa shape index (κ2) is 8.00. The average Bonchev–Trinajstić information content (AvgIpc) is 2.53. The Labute approximate surface area is 126 Å². The van der Waals surface area contributed by atoms with Gasteiger partial charge in [0, 0.05) is 19.5 Å². The van der Waals surface area contributed by atoms with E-state index in [-0.39, 0.29) is 5.91 Å². The normalized spacial score (nSPS) is 19.2. The monoisotopic (exact) mass is 291 g/mol. The van der Waals surface area contributed by atoms with Crippen molar-refractivity contribution in [2.45, 2.75) is 19.3 Å². The highest BCUT2D eigenvalue weighted by Gasteiger charge is 2.19. The summed E-state index contributed by atoms with van der Waals surface area (Å²) in [6.07, 6.45) is 2.88. The third-order valence-electron chi connectivity index (χ3n) is 3.97. The second-order valence-corrected chi connectivity index (χ2v) is 5.54. The van der Waals surface area contributed by atoms with Gasteiger partial charge in [-0.2, -0.15) is 0 Å². The molecule has 21 heavy (non-hydrogen) atoms. The van der Waals surface area contributed by atoms with E-state index in [4.69, 9.17) is 10.5 Å². The summed E-state index contributed by atoms with van der Waals surface area (Å²) in [5, 5.41) is 2.91. The predicted molar refractivity (Wildman–Crippen MR) is 84.5 cm³/mol. The third-order valence-corrected chi connectivity index (χ3v) is 3.97. The van der Waals surface area contributed by atoms with Crippen LogP contribution < -0.4 is 15.8 Å². The highest BCUT2D eigenvalue weighted by Crippen LogP contribution is 2.23.